The minimum Gasteiger partial charge on any atom is -0.436 e. The number of hydrogen-bond acceptors (Lipinski definition) is 6. The van der Waals surface area contributed by atoms with Crippen molar-refractivity contribution in [1.29, 1.82) is 0 Å². The third-order valence-corrected chi connectivity index (χ3v) is 16.4. The summed E-state index contributed by atoms with van der Waals surface area (Å²) < 4.78 is 32.1. The summed E-state index contributed by atoms with van der Waals surface area (Å²) in [7, 11) is -5.16. The Labute approximate surface area is 173 Å². The zero-order valence-corrected chi connectivity index (χ0v) is 21.1. The topological polar surface area (TPSA) is 63.2 Å². The molecule has 2 saturated heterocycles. The van der Waals surface area contributed by atoms with E-state index in [9.17, 15) is 4.79 Å². The first kappa shape index (κ1) is 24.0. The van der Waals surface area contributed by atoms with E-state index in [-0.39, 0.29) is 29.3 Å². The SMILES string of the molecule is CC(=O)OC1C[C@@H]2O[Si](C(C)C)(C(C)C)O[Si](C(C)C)(C(C)C)OCC[C@H]2O1. The summed E-state index contributed by atoms with van der Waals surface area (Å²) in [6.07, 6.45) is 0.463. The Bertz CT molecular complexity index is 521. The predicted octanol–water partition coefficient (Wildman–Crippen LogP) is 5.01. The number of hydrogen-bond donors (Lipinski definition) is 0. The normalized spacial score (nSPS) is 30.2. The van der Waals surface area contributed by atoms with Crippen molar-refractivity contribution in [2.75, 3.05) is 6.61 Å². The van der Waals surface area contributed by atoms with Gasteiger partial charge in [0.15, 0.2) is 0 Å². The Morgan fingerprint density at radius 2 is 1.43 bits per heavy atom. The molecule has 2 fully saturated rings. The lowest BCUT2D eigenvalue weighted by Crippen LogP contribution is -2.61. The van der Waals surface area contributed by atoms with Crippen molar-refractivity contribution in [3.8, 4) is 0 Å². The number of ether oxygens (including phenoxy) is 2. The van der Waals surface area contributed by atoms with E-state index in [1.165, 1.54) is 6.92 Å². The van der Waals surface area contributed by atoms with Crippen molar-refractivity contribution in [2.24, 2.45) is 0 Å². The summed E-state index contributed by atoms with van der Waals surface area (Å²) in [5.74, 6) is -0.328. The van der Waals surface area contributed by atoms with Crippen LogP contribution in [-0.4, -0.2) is 48.2 Å². The second-order valence-corrected chi connectivity index (χ2v) is 18.3. The molecular formula is C20H40O6Si2. The molecule has 2 rings (SSSR count). The van der Waals surface area contributed by atoms with Crippen LogP contribution in [0.2, 0.25) is 22.2 Å². The molecule has 3 atom stereocenters. The van der Waals surface area contributed by atoms with Crippen molar-refractivity contribution >= 4 is 23.1 Å². The van der Waals surface area contributed by atoms with Gasteiger partial charge < -0.3 is 22.4 Å². The highest BCUT2D eigenvalue weighted by atomic mass is 28.5. The molecule has 0 aromatic carbocycles. The van der Waals surface area contributed by atoms with Crippen LogP contribution < -0.4 is 0 Å². The van der Waals surface area contributed by atoms with Gasteiger partial charge in [0.05, 0.1) is 12.2 Å². The Morgan fingerprint density at radius 1 is 0.893 bits per heavy atom. The molecule has 0 aromatic rings. The van der Waals surface area contributed by atoms with Crippen LogP contribution in [0.4, 0.5) is 0 Å². The molecule has 0 aliphatic carbocycles. The molecule has 0 aromatic heterocycles. The van der Waals surface area contributed by atoms with E-state index in [2.05, 4.69) is 55.4 Å². The predicted molar refractivity (Wildman–Crippen MR) is 113 cm³/mol. The molecule has 1 unspecified atom stereocenters. The van der Waals surface area contributed by atoms with Crippen molar-refractivity contribution in [3.05, 3.63) is 0 Å². The first-order valence-corrected chi connectivity index (χ1v) is 14.7. The zero-order chi connectivity index (χ0) is 21.3. The van der Waals surface area contributed by atoms with Crippen molar-refractivity contribution < 1.29 is 27.2 Å². The van der Waals surface area contributed by atoms with Crippen LogP contribution in [0.5, 0.6) is 0 Å². The van der Waals surface area contributed by atoms with Gasteiger partial charge >= 0.3 is 23.1 Å². The highest BCUT2D eigenvalue weighted by molar-refractivity contribution is 6.83. The number of fused-ring (bicyclic) bond motifs is 1. The van der Waals surface area contributed by atoms with Crippen molar-refractivity contribution in [2.45, 2.75) is 116 Å². The average Bonchev–Trinajstić information content (AvgIpc) is 2.93. The molecule has 6 nitrogen and oxygen atoms in total. The maximum absolute atomic E-state index is 11.4. The van der Waals surface area contributed by atoms with Gasteiger partial charge in [0.1, 0.15) is 0 Å². The molecule has 0 bridgehead atoms. The smallest absolute Gasteiger partial charge is 0.335 e. The van der Waals surface area contributed by atoms with Crippen LogP contribution in [0.15, 0.2) is 0 Å². The van der Waals surface area contributed by atoms with Crippen molar-refractivity contribution in [3.63, 3.8) is 0 Å². The summed E-state index contributed by atoms with van der Waals surface area (Å²) >= 11 is 0. The van der Waals surface area contributed by atoms with Gasteiger partial charge in [-0.05, 0) is 28.6 Å². The second-order valence-electron chi connectivity index (χ2n) is 9.41. The second kappa shape index (κ2) is 9.26. The average molecular weight is 433 g/mol. The Hall–Kier alpha value is -0.256. The molecule has 2 aliphatic rings. The van der Waals surface area contributed by atoms with Crippen LogP contribution in [0.25, 0.3) is 0 Å². The van der Waals surface area contributed by atoms with Gasteiger partial charge in [0.25, 0.3) is 0 Å². The van der Waals surface area contributed by atoms with Gasteiger partial charge in [-0.3, -0.25) is 4.79 Å². The Kier molecular flexibility index (Phi) is 7.95. The van der Waals surface area contributed by atoms with E-state index in [4.69, 9.17) is 22.4 Å². The highest BCUT2D eigenvalue weighted by Crippen LogP contribution is 2.47. The Balaban J connectivity index is 2.43. The lowest BCUT2D eigenvalue weighted by Gasteiger charge is -2.48. The van der Waals surface area contributed by atoms with Gasteiger partial charge in [0, 0.05) is 20.0 Å². The third-order valence-electron chi connectivity index (χ3n) is 6.07. The van der Waals surface area contributed by atoms with Crippen LogP contribution in [0, 0.1) is 0 Å². The molecule has 0 saturated carbocycles. The number of esters is 1. The first-order valence-electron chi connectivity index (χ1n) is 10.8. The standard InChI is InChI=1S/C20H40O6Si2/c1-13(2)27(14(3)4)22-11-10-18-19(12-20(24-18)23-17(9)21)25-28(26-27,15(5)6)16(7)8/h13-16,18-20H,10-12H2,1-9H3/t18-,19+,20?/m1/s1. The van der Waals surface area contributed by atoms with E-state index in [1.54, 1.807) is 0 Å². The Morgan fingerprint density at radius 3 is 1.89 bits per heavy atom. The lowest BCUT2D eigenvalue weighted by atomic mass is 10.1. The van der Waals surface area contributed by atoms with Gasteiger partial charge in [-0.15, -0.1) is 0 Å². The summed E-state index contributed by atoms with van der Waals surface area (Å²) in [6.45, 7) is 19.7. The van der Waals surface area contributed by atoms with E-state index in [0.717, 1.165) is 6.42 Å². The van der Waals surface area contributed by atoms with E-state index < -0.39 is 23.4 Å². The van der Waals surface area contributed by atoms with Crippen LogP contribution in [0.1, 0.15) is 75.2 Å². The van der Waals surface area contributed by atoms with Gasteiger partial charge in [-0.1, -0.05) is 55.4 Å². The minimum atomic E-state index is -2.65. The summed E-state index contributed by atoms with van der Waals surface area (Å²) in [5.41, 5.74) is 1.19. The monoisotopic (exact) mass is 432 g/mol. The van der Waals surface area contributed by atoms with Gasteiger partial charge in [-0.25, -0.2) is 0 Å². The molecule has 0 spiro atoms. The van der Waals surface area contributed by atoms with Crippen LogP contribution in [-0.2, 0) is 27.2 Å². The number of rotatable bonds is 5. The molecule has 2 heterocycles. The minimum absolute atomic E-state index is 0.131. The van der Waals surface area contributed by atoms with Gasteiger partial charge in [0.2, 0.25) is 6.29 Å². The number of carbonyl (C=O) groups excluding carboxylic acids is 1. The molecule has 0 radical (unpaired) electrons. The van der Waals surface area contributed by atoms with E-state index >= 15 is 0 Å². The zero-order valence-electron chi connectivity index (χ0n) is 19.1. The third kappa shape index (κ3) is 4.73. The quantitative estimate of drug-likeness (QED) is 0.449. The number of carbonyl (C=O) groups is 1. The van der Waals surface area contributed by atoms with E-state index in [0.29, 0.717) is 24.1 Å². The van der Waals surface area contributed by atoms with E-state index in [1.807, 2.05) is 0 Å². The lowest BCUT2D eigenvalue weighted by molar-refractivity contribution is -0.173. The van der Waals surface area contributed by atoms with Gasteiger partial charge in [-0.2, -0.15) is 0 Å². The first-order chi connectivity index (χ1) is 12.9. The van der Waals surface area contributed by atoms with Crippen LogP contribution in [0.3, 0.4) is 0 Å². The molecule has 0 N–H and O–H groups in total. The fourth-order valence-electron chi connectivity index (χ4n) is 4.60. The maximum atomic E-state index is 11.4. The summed E-state index contributed by atoms with van der Waals surface area (Å²) in [6, 6.07) is 0. The summed E-state index contributed by atoms with van der Waals surface area (Å²) in [4.78, 5) is 11.4. The van der Waals surface area contributed by atoms with Crippen LogP contribution >= 0.6 is 0 Å². The largest absolute Gasteiger partial charge is 0.436 e. The molecule has 2 aliphatic heterocycles. The maximum Gasteiger partial charge on any atom is 0.335 e. The molecule has 164 valence electrons. The fraction of sp³-hybridized carbons (Fsp3) is 0.950. The fourth-order valence-corrected chi connectivity index (χ4v) is 15.8. The summed E-state index contributed by atoms with van der Waals surface area (Å²) in [5, 5.41) is 0. The molecule has 8 heteroatoms. The molecule has 28 heavy (non-hydrogen) atoms. The molecular weight excluding hydrogens is 392 g/mol. The van der Waals surface area contributed by atoms with Crippen molar-refractivity contribution in [1.82, 2.24) is 0 Å². The highest BCUT2D eigenvalue weighted by Gasteiger charge is 2.59. The molecule has 0 amide bonds.